The molecule has 3 aromatic rings. The Kier molecular flexibility index (Phi) is 3.69. The largest absolute Gasteiger partial charge is 0.339 e. The van der Waals surface area contributed by atoms with Gasteiger partial charge in [0.1, 0.15) is 17.1 Å². The number of carbonyl (C=O) groups excluding carboxylic acids is 1. The Balaban J connectivity index is 1.90. The summed E-state index contributed by atoms with van der Waals surface area (Å²) in [5.41, 5.74) is 0.556. The number of carbonyl (C=O) groups is 1. The molecule has 4 rings (SSSR count). The number of hydrogen-bond acceptors (Lipinski definition) is 5. The lowest BCUT2D eigenvalue weighted by molar-refractivity contribution is 0.0751. The van der Waals surface area contributed by atoms with Crippen molar-refractivity contribution in [2.24, 2.45) is 0 Å². The molecule has 0 aliphatic carbocycles. The highest BCUT2D eigenvalue weighted by Gasteiger charge is 2.28. The fourth-order valence-corrected chi connectivity index (χ4v) is 4.51. The Bertz CT molecular complexity index is 1180. The fraction of sp³-hybridized carbons (Fsp3) is 0.235. The first kappa shape index (κ1) is 16.5. The summed E-state index contributed by atoms with van der Waals surface area (Å²) in [6.07, 6.45) is 0. The van der Waals surface area contributed by atoms with Gasteiger partial charge in [-0.15, -0.1) is 0 Å². The summed E-state index contributed by atoms with van der Waals surface area (Å²) in [5, 5.41) is 6.60. The number of aromatic amines is 1. The van der Waals surface area contributed by atoms with Crippen LogP contribution in [0.2, 0.25) is 0 Å². The lowest BCUT2D eigenvalue weighted by Gasteiger charge is -2.25. The molecule has 2 aromatic heterocycles. The van der Waals surface area contributed by atoms with Gasteiger partial charge in [-0.25, -0.2) is 13.5 Å². The first-order chi connectivity index (χ1) is 12.4. The number of aromatic nitrogens is 3. The Morgan fingerprint density at radius 1 is 1.15 bits per heavy atom. The number of nitrogens with one attached hydrogen (secondary N) is 1. The molecule has 1 amide bonds. The maximum absolute atomic E-state index is 12.7. The van der Waals surface area contributed by atoms with E-state index in [0.717, 1.165) is 0 Å². The zero-order valence-electron chi connectivity index (χ0n) is 14.0. The molecule has 0 atom stereocenters. The summed E-state index contributed by atoms with van der Waals surface area (Å²) in [7, 11) is -1.95. The van der Waals surface area contributed by atoms with Crippen molar-refractivity contribution in [2.75, 3.05) is 13.6 Å². The molecule has 9 heteroatoms. The van der Waals surface area contributed by atoms with Gasteiger partial charge in [0.2, 0.25) is 0 Å². The van der Waals surface area contributed by atoms with Gasteiger partial charge in [0.15, 0.2) is 9.84 Å². The molecule has 0 spiro atoms. The molecule has 1 aromatic carbocycles. The molecular formula is C17H16N4O4S. The molecule has 1 aliphatic rings. The van der Waals surface area contributed by atoms with Crippen molar-refractivity contribution in [3.05, 3.63) is 58.1 Å². The Labute approximate surface area is 149 Å². The molecule has 0 radical (unpaired) electrons. The van der Waals surface area contributed by atoms with Gasteiger partial charge in [-0.05, 0) is 18.2 Å². The van der Waals surface area contributed by atoms with E-state index in [1.54, 1.807) is 34.7 Å². The van der Waals surface area contributed by atoms with Crippen molar-refractivity contribution in [2.45, 2.75) is 17.2 Å². The van der Waals surface area contributed by atoms with Gasteiger partial charge in [0.05, 0.1) is 15.8 Å². The lowest BCUT2D eigenvalue weighted by atomic mass is 10.3. The SMILES string of the molecule is CN1CCn2c(cc3c(=O)[nH]nc(CS(=O)(=O)c4ccccc4)c32)C1=O. The van der Waals surface area contributed by atoms with E-state index in [1.807, 2.05) is 0 Å². The zero-order valence-corrected chi connectivity index (χ0v) is 14.8. The second kappa shape index (κ2) is 5.80. The van der Waals surface area contributed by atoms with Crippen molar-refractivity contribution in [1.29, 1.82) is 0 Å². The number of likely N-dealkylation sites (N-methyl/N-ethyl adjacent to an activating group) is 1. The highest BCUT2D eigenvalue weighted by atomic mass is 32.2. The normalized spacial score (nSPS) is 14.7. The average molecular weight is 372 g/mol. The van der Waals surface area contributed by atoms with Crippen molar-refractivity contribution in [3.8, 4) is 0 Å². The number of H-pyrrole nitrogens is 1. The third-order valence-electron chi connectivity index (χ3n) is 4.56. The fourth-order valence-electron chi connectivity index (χ4n) is 3.21. The van der Waals surface area contributed by atoms with Gasteiger partial charge < -0.3 is 9.47 Å². The van der Waals surface area contributed by atoms with Crippen LogP contribution in [0, 0.1) is 0 Å². The summed E-state index contributed by atoms with van der Waals surface area (Å²) in [4.78, 5) is 26.3. The van der Waals surface area contributed by atoms with E-state index in [-0.39, 0.29) is 27.6 Å². The van der Waals surface area contributed by atoms with Crippen molar-refractivity contribution >= 4 is 26.6 Å². The quantitative estimate of drug-likeness (QED) is 0.732. The number of hydrogen-bond donors (Lipinski definition) is 1. The summed E-state index contributed by atoms with van der Waals surface area (Å²) in [6, 6.07) is 9.58. The van der Waals surface area contributed by atoms with Crippen LogP contribution in [0.25, 0.3) is 10.9 Å². The predicted octanol–water partition coefficient (Wildman–Crippen LogP) is 0.784. The van der Waals surface area contributed by atoms with Crippen LogP contribution in [-0.2, 0) is 22.1 Å². The molecule has 134 valence electrons. The van der Waals surface area contributed by atoms with Crippen molar-refractivity contribution in [3.63, 3.8) is 0 Å². The number of amides is 1. The van der Waals surface area contributed by atoms with Crippen LogP contribution in [-0.4, -0.2) is 47.6 Å². The van der Waals surface area contributed by atoms with Crippen LogP contribution in [0.15, 0.2) is 46.1 Å². The Morgan fingerprint density at radius 3 is 2.62 bits per heavy atom. The van der Waals surface area contributed by atoms with E-state index in [2.05, 4.69) is 10.2 Å². The molecule has 26 heavy (non-hydrogen) atoms. The number of rotatable bonds is 3. The van der Waals surface area contributed by atoms with Crippen LogP contribution in [0.5, 0.6) is 0 Å². The molecule has 1 aliphatic heterocycles. The highest BCUT2D eigenvalue weighted by molar-refractivity contribution is 7.90. The average Bonchev–Trinajstić information content (AvgIpc) is 3.03. The van der Waals surface area contributed by atoms with Crippen LogP contribution < -0.4 is 5.56 Å². The highest BCUT2D eigenvalue weighted by Crippen LogP contribution is 2.25. The summed E-state index contributed by atoms with van der Waals surface area (Å²) in [5.74, 6) is -0.568. The first-order valence-corrected chi connectivity index (χ1v) is 9.68. The smallest absolute Gasteiger partial charge is 0.273 e. The van der Waals surface area contributed by atoms with E-state index in [4.69, 9.17) is 0 Å². The third-order valence-corrected chi connectivity index (χ3v) is 6.21. The van der Waals surface area contributed by atoms with Gasteiger partial charge in [-0.1, -0.05) is 18.2 Å². The molecule has 1 N–H and O–H groups in total. The minimum Gasteiger partial charge on any atom is -0.339 e. The van der Waals surface area contributed by atoms with Crippen LogP contribution in [0.1, 0.15) is 16.2 Å². The first-order valence-electron chi connectivity index (χ1n) is 8.02. The van der Waals surface area contributed by atoms with E-state index >= 15 is 0 Å². The molecular weight excluding hydrogens is 356 g/mol. The van der Waals surface area contributed by atoms with E-state index in [9.17, 15) is 18.0 Å². The van der Waals surface area contributed by atoms with Gasteiger partial charge in [-0.3, -0.25) is 9.59 Å². The monoisotopic (exact) mass is 372 g/mol. The van der Waals surface area contributed by atoms with E-state index < -0.39 is 15.4 Å². The van der Waals surface area contributed by atoms with Crippen LogP contribution in [0.3, 0.4) is 0 Å². The zero-order chi connectivity index (χ0) is 18.5. The van der Waals surface area contributed by atoms with E-state index in [0.29, 0.717) is 24.3 Å². The molecule has 0 unspecified atom stereocenters. The predicted molar refractivity (Wildman–Crippen MR) is 94.6 cm³/mol. The third kappa shape index (κ3) is 2.51. The number of benzene rings is 1. The summed E-state index contributed by atoms with van der Waals surface area (Å²) >= 11 is 0. The standard InChI is InChI=1S/C17H16N4O4S/c1-20-7-8-21-14(17(20)23)9-12-15(21)13(18-19-16(12)22)10-26(24,25)11-5-3-2-4-6-11/h2-6,9H,7-8,10H2,1H3,(H,19,22). The van der Waals surface area contributed by atoms with Crippen LogP contribution in [0.4, 0.5) is 0 Å². The number of nitrogens with zero attached hydrogens (tertiary/aromatic N) is 3. The van der Waals surface area contributed by atoms with Gasteiger partial charge in [0, 0.05) is 20.1 Å². The number of fused-ring (bicyclic) bond motifs is 3. The minimum atomic E-state index is -3.64. The lowest BCUT2D eigenvalue weighted by Crippen LogP contribution is -2.37. The second-order valence-electron chi connectivity index (χ2n) is 6.24. The molecule has 0 fully saturated rings. The molecule has 0 saturated heterocycles. The van der Waals surface area contributed by atoms with Gasteiger partial charge >= 0.3 is 0 Å². The maximum atomic E-state index is 12.7. The summed E-state index contributed by atoms with van der Waals surface area (Å²) < 4.78 is 27.1. The second-order valence-corrected chi connectivity index (χ2v) is 8.23. The summed E-state index contributed by atoms with van der Waals surface area (Å²) in [6.45, 7) is 0.956. The molecule has 0 bridgehead atoms. The topological polar surface area (TPSA) is 105 Å². The Morgan fingerprint density at radius 2 is 1.88 bits per heavy atom. The molecule has 3 heterocycles. The van der Waals surface area contributed by atoms with Crippen molar-refractivity contribution in [1.82, 2.24) is 19.7 Å². The Hall–Kier alpha value is -2.94. The molecule has 8 nitrogen and oxygen atoms in total. The van der Waals surface area contributed by atoms with Gasteiger partial charge in [0.25, 0.3) is 11.5 Å². The van der Waals surface area contributed by atoms with E-state index in [1.165, 1.54) is 18.2 Å². The van der Waals surface area contributed by atoms with Crippen molar-refractivity contribution < 1.29 is 13.2 Å². The molecule has 0 saturated carbocycles. The number of sulfone groups is 1. The minimum absolute atomic E-state index is 0.183. The van der Waals surface area contributed by atoms with Gasteiger partial charge in [-0.2, -0.15) is 5.10 Å². The maximum Gasteiger partial charge on any atom is 0.273 e. The van der Waals surface area contributed by atoms with Crippen LogP contribution >= 0.6 is 0 Å².